The number of nitrogens with zero attached hydrogens (tertiary/aromatic N) is 1. The van der Waals surface area contributed by atoms with E-state index in [0.29, 0.717) is 11.3 Å². The first kappa shape index (κ1) is 12.4. The summed E-state index contributed by atoms with van der Waals surface area (Å²) in [7, 11) is 0. The standard InChI is InChI=1S/C17H13NO2/c1-12(19)13-7-9-14(10-8-13)20-17-6-2-5-16-15(17)4-3-11-18-16/h2-11H,1H3. The van der Waals surface area contributed by atoms with Gasteiger partial charge in [0.15, 0.2) is 5.78 Å². The summed E-state index contributed by atoms with van der Waals surface area (Å²) in [6.07, 6.45) is 1.76. The summed E-state index contributed by atoms with van der Waals surface area (Å²) < 4.78 is 5.88. The molecule has 0 N–H and O–H groups in total. The summed E-state index contributed by atoms with van der Waals surface area (Å²) in [4.78, 5) is 15.5. The van der Waals surface area contributed by atoms with Gasteiger partial charge in [-0.1, -0.05) is 6.07 Å². The Balaban J connectivity index is 1.95. The van der Waals surface area contributed by atoms with Crippen molar-refractivity contribution in [1.29, 1.82) is 0 Å². The fourth-order valence-corrected chi connectivity index (χ4v) is 2.05. The summed E-state index contributed by atoms with van der Waals surface area (Å²) in [6, 6.07) is 16.7. The quantitative estimate of drug-likeness (QED) is 0.664. The summed E-state index contributed by atoms with van der Waals surface area (Å²) in [5.74, 6) is 1.50. The summed E-state index contributed by atoms with van der Waals surface area (Å²) in [5.41, 5.74) is 1.57. The molecule has 1 heterocycles. The van der Waals surface area contributed by atoms with Crippen molar-refractivity contribution < 1.29 is 9.53 Å². The predicted molar refractivity (Wildman–Crippen MR) is 78.3 cm³/mol. The Morgan fingerprint density at radius 2 is 1.80 bits per heavy atom. The maximum absolute atomic E-state index is 11.2. The van der Waals surface area contributed by atoms with Crippen LogP contribution >= 0.6 is 0 Å². The van der Waals surface area contributed by atoms with Gasteiger partial charge in [-0.3, -0.25) is 9.78 Å². The van der Waals surface area contributed by atoms with E-state index in [1.165, 1.54) is 0 Å². The van der Waals surface area contributed by atoms with Crippen LogP contribution in [-0.4, -0.2) is 10.8 Å². The number of ketones is 1. The van der Waals surface area contributed by atoms with Crippen molar-refractivity contribution in [2.45, 2.75) is 6.92 Å². The molecule has 0 radical (unpaired) electrons. The molecule has 98 valence electrons. The van der Waals surface area contributed by atoms with Crippen molar-refractivity contribution in [3.05, 3.63) is 66.4 Å². The van der Waals surface area contributed by atoms with Gasteiger partial charge >= 0.3 is 0 Å². The Bertz CT molecular complexity index is 758. The number of carbonyl (C=O) groups is 1. The van der Waals surface area contributed by atoms with E-state index in [-0.39, 0.29) is 5.78 Å². The van der Waals surface area contributed by atoms with Crippen LogP contribution in [0.5, 0.6) is 11.5 Å². The van der Waals surface area contributed by atoms with Gasteiger partial charge in [0.1, 0.15) is 11.5 Å². The van der Waals surface area contributed by atoms with Crippen molar-refractivity contribution in [2.24, 2.45) is 0 Å². The fraction of sp³-hybridized carbons (Fsp3) is 0.0588. The number of pyridine rings is 1. The maximum atomic E-state index is 11.2. The van der Waals surface area contributed by atoms with Gasteiger partial charge in [-0.25, -0.2) is 0 Å². The molecule has 3 heteroatoms. The van der Waals surface area contributed by atoms with Crippen LogP contribution in [0, 0.1) is 0 Å². The van der Waals surface area contributed by atoms with E-state index in [1.54, 1.807) is 37.4 Å². The molecule has 0 atom stereocenters. The minimum absolute atomic E-state index is 0.0471. The molecule has 3 nitrogen and oxygen atoms in total. The Hall–Kier alpha value is -2.68. The Labute approximate surface area is 116 Å². The molecule has 0 amide bonds. The smallest absolute Gasteiger partial charge is 0.159 e. The van der Waals surface area contributed by atoms with Crippen LogP contribution in [-0.2, 0) is 0 Å². The summed E-state index contributed by atoms with van der Waals surface area (Å²) in [5, 5.41) is 0.964. The third-order valence-electron chi connectivity index (χ3n) is 3.09. The zero-order valence-corrected chi connectivity index (χ0v) is 11.0. The monoisotopic (exact) mass is 263 g/mol. The SMILES string of the molecule is CC(=O)c1ccc(Oc2cccc3ncccc23)cc1. The molecule has 0 aliphatic carbocycles. The van der Waals surface area contributed by atoms with Gasteiger partial charge in [0.05, 0.1) is 5.52 Å². The molecule has 1 aromatic heterocycles. The number of fused-ring (bicyclic) bond motifs is 1. The molecule has 2 aromatic carbocycles. The second kappa shape index (κ2) is 5.13. The molecule has 0 spiro atoms. The van der Waals surface area contributed by atoms with Gasteiger partial charge in [-0.05, 0) is 55.5 Å². The molecule has 20 heavy (non-hydrogen) atoms. The van der Waals surface area contributed by atoms with Gasteiger partial charge in [-0.15, -0.1) is 0 Å². The third kappa shape index (κ3) is 2.38. The number of Topliss-reactive ketones (excluding diaryl/α,β-unsaturated/α-hetero) is 1. The number of rotatable bonds is 3. The highest BCUT2D eigenvalue weighted by Crippen LogP contribution is 2.28. The second-order valence-corrected chi connectivity index (χ2v) is 4.51. The van der Waals surface area contributed by atoms with Gasteiger partial charge in [-0.2, -0.15) is 0 Å². The topological polar surface area (TPSA) is 39.2 Å². The lowest BCUT2D eigenvalue weighted by Crippen LogP contribution is -1.92. The Morgan fingerprint density at radius 1 is 1.00 bits per heavy atom. The lowest BCUT2D eigenvalue weighted by molar-refractivity contribution is 0.101. The predicted octanol–water partition coefficient (Wildman–Crippen LogP) is 4.23. The molecule has 0 saturated heterocycles. The molecule has 0 aliphatic rings. The van der Waals surface area contributed by atoms with Crippen LogP contribution in [0.15, 0.2) is 60.8 Å². The molecule has 3 aromatic rings. The average Bonchev–Trinajstić information content (AvgIpc) is 2.48. The summed E-state index contributed by atoms with van der Waals surface area (Å²) >= 11 is 0. The molecule has 0 fully saturated rings. The lowest BCUT2D eigenvalue weighted by atomic mass is 10.1. The number of ether oxygens (including phenoxy) is 1. The van der Waals surface area contributed by atoms with E-state index in [0.717, 1.165) is 16.7 Å². The first-order valence-corrected chi connectivity index (χ1v) is 6.36. The highest BCUT2D eigenvalue weighted by Gasteiger charge is 2.04. The second-order valence-electron chi connectivity index (χ2n) is 4.51. The van der Waals surface area contributed by atoms with Crippen LogP contribution in [0.2, 0.25) is 0 Å². The van der Waals surface area contributed by atoms with E-state index in [2.05, 4.69) is 4.98 Å². The molecule has 0 saturated carbocycles. The largest absolute Gasteiger partial charge is 0.457 e. The van der Waals surface area contributed by atoms with Gasteiger partial charge in [0, 0.05) is 17.1 Å². The zero-order chi connectivity index (χ0) is 13.9. The number of hydrogen-bond donors (Lipinski definition) is 0. The van der Waals surface area contributed by atoms with E-state index in [4.69, 9.17) is 4.74 Å². The summed E-state index contributed by atoms with van der Waals surface area (Å²) in [6.45, 7) is 1.55. The zero-order valence-electron chi connectivity index (χ0n) is 11.0. The first-order chi connectivity index (χ1) is 9.74. The molecule has 0 bridgehead atoms. The molecule has 0 unspecified atom stereocenters. The van der Waals surface area contributed by atoms with E-state index in [9.17, 15) is 4.79 Å². The van der Waals surface area contributed by atoms with Crippen molar-refractivity contribution in [3.8, 4) is 11.5 Å². The molecular weight excluding hydrogens is 250 g/mol. The van der Waals surface area contributed by atoms with Gasteiger partial charge < -0.3 is 4.74 Å². The Morgan fingerprint density at radius 3 is 2.55 bits per heavy atom. The normalized spacial score (nSPS) is 10.4. The van der Waals surface area contributed by atoms with Crippen molar-refractivity contribution >= 4 is 16.7 Å². The molecule has 0 aliphatic heterocycles. The maximum Gasteiger partial charge on any atom is 0.159 e. The highest BCUT2D eigenvalue weighted by molar-refractivity contribution is 5.94. The molecule has 3 rings (SSSR count). The Kier molecular flexibility index (Phi) is 3.17. The van der Waals surface area contributed by atoms with E-state index >= 15 is 0 Å². The number of carbonyl (C=O) groups excluding carboxylic acids is 1. The van der Waals surface area contributed by atoms with Crippen molar-refractivity contribution in [2.75, 3.05) is 0 Å². The van der Waals surface area contributed by atoms with Crippen molar-refractivity contribution in [1.82, 2.24) is 4.98 Å². The van der Waals surface area contributed by atoms with Crippen LogP contribution in [0.1, 0.15) is 17.3 Å². The van der Waals surface area contributed by atoms with Crippen LogP contribution in [0.25, 0.3) is 10.9 Å². The molecular formula is C17H13NO2. The number of benzene rings is 2. The average molecular weight is 263 g/mol. The van der Waals surface area contributed by atoms with Crippen molar-refractivity contribution in [3.63, 3.8) is 0 Å². The first-order valence-electron chi connectivity index (χ1n) is 6.36. The number of aromatic nitrogens is 1. The fourth-order valence-electron chi connectivity index (χ4n) is 2.05. The van der Waals surface area contributed by atoms with Gasteiger partial charge in [0.25, 0.3) is 0 Å². The third-order valence-corrected chi connectivity index (χ3v) is 3.09. The lowest BCUT2D eigenvalue weighted by Gasteiger charge is -2.08. The number of hydrogen-bond acceptors (Lipinski definition) is 3. The van der Waals surface area contributed by atoms with Crippen LogP contribution in [0.3, 0.4) is 0 Å². The van der Waals surface area contributed by atoms with Crippen LogP contribution < -0.4 is 4.74 Å². The van der Waals surface area contributed by atoms with E-state index < -0.39 is 0 Å². The highest BCUT2D eigenvalue weighted by atomic mass is 16.5. The van der Waals surface area contributed by atoms with E-state index in [1.807, 2.05) is 30.3 Å². The minimum Gasteiger partial charge on any atom is -0.457 e. The van der Waals surface area contributed by atoms with Gasteiger partial charge in [0.2, 0.25) is 0 Å². The van der Waals surface area contributed by atoms with Crippen LogP contribution in [0.4, 0.5) is 0 Å². The minimum atomic E-state index is 0.0471.